The van der Waals surface area contributed by atoms with Crippen molar-refractivity contribution in [2.75, 3.05) is 6.54 Å². The Morgan fingerprint density at radius 2 is 2.05 bits per heavy atom. The quantitative estimate of drug-likeness (QED) is 0.677. The van der Waals surface area contributed by atoms with Crippen LogP contribution in [0.2, 0.25) is 0 Å². The van der Waals surface area contributed by atoms with Gasteiger partial charge in [-0.3, -0.25) is 14.9 Å². The molecule has 0 spiro atoms. The van der Waals surface area contributed by atoms with Crippen molar-refractivity contribution in [2.24, 2.45) is 0 Å². The highest BCUT2D eigenvalue weighted by Gasteiger charge is 2.34. The number of carbonyl (C=O) groups excluding carboxylic acids is 1. The van der Waals surface area contributed by atoms with Gasteiger partial charge in [0.15, 0.2) is 0 Å². The van der Waals surface area contributed by atoms with Crippen LogP contribution < -0.4 is 10.6 Å². The predicted octanol–water partition coefficient (Wildman–Crippen LogP) is 1.60. The number of aliphatic carboxylic acids is 1. The van der Waals surface area contributed by atoms with Crippen LogP contribution in [0.3, 0.4) is 0 Å². The first-order valence-corrected chi connectivity index (χ1v) is 7.19. The molecule has 1 heterocycles. The molecule has 0 aliphatic rings. The number of carboxylic acid groups (broad SMARTS) is 1. The maximum absolute atomic E-state index is 11.7. The SMILES string of the molecule is CCC(CC)(NCC(=O)NCc1cccs1)C(=O)O. The molecule has 0 aliphatic carbocycles. The van der Waals surface area contributed by atoms with Gasteiger partial charge in [0.2, 0.25) is 5.91 Å². The lowest BCUT2D eigenvalue weighted by atomic mass is 9.93. The van der Waals surface area contributed by atoms with E-state index in [1.54, 1.807) is 25.2 Å². The van der Waals surface area contributed by atoms with Crippen molar-refractivity contribution in [3.63, 3.8) is 0 Å². The van der Waals surface area contributed by atoms with E-state index in [9.17, 15) is 14.7 Å². The molecule has 5 nitrogen and oxygen atoms in total. The fourth-order valence-electron chi connectivity index (χ4n) is 1.79. The minimum Gasteiger partial charge on any atom is -0.480 e. The summed E-state index contributed by atoms with van der Waals surface area (Å²) in [5, 5.41) is 16.8. The summed E-state index contributed by atoms with van der Waals surface area (Å²) >= 11 is 1.57. The van der Waals surface area contributed by atoms with E-state index in [0.29, 0.717) is 19.4 Å². The van der Waals surface area contributed by atoms with Crippen LogP contribution in [0.1, 0.15) is 31.6 Å². The van der Waals surface area contributed by atoms with Gasteiger partial charge < -0.3 is 10.4 Å². The highest BCUT2D eigenvalue weighted by molar-refractivity contribution is 7.09. The molecule has 3 N–H and O–H groups in total. The van der Waals surface area contributed by atoms with Gasteiger partial charge >= 0.3 is 5.97 Å². The number of nitrogens with one attached hydrogen (secondary N) is 2. The lowest BCUT2D eigenvalue weighted by Gasteiger charge is -2.27. The molecule has 1 rings (SSSR count). The Labute approximate surface area is 117 Å². The molecule has 1 aromatic heterocycles. The molecule has 6 heteroatoms. The van der Waals surface area contributed by atoms with Crippen LogP contribution in [0.15, 0.2) is 17.5 Å². The summed E-state index contributed by atoms with van der Waals surface area (Å²) in [6.45, 7) is 4.10. The van der Waals surface area contributed by atoms with Crippen LogP contribution in [-0.4, -0.2) is 29.1 Å². The first kappa shape index (κ1) is 15.7. The molecule has 1 amide bonds. The minimum absolute atomic E-state index is 0.0132. The number of amides is 1. The fraction of sp³-hybridized carbons (Fsp3) is 0.538. The molecule has 0 unspecified atom stereocenters. The summed E-state index contributed by atoms with van der Waals surface area (Å²) in [4.78, 5) is 24.0. The lowest BCUT2D eigenvalue weighted by Crippen LogP contribution is -2.54. The van der Waals surface area contributed by atoms with Crippen molar-refractivity contribution in [1.82, 2.24) is 10.6 Å². The van der Waals surface area contributed by atoms with Crippen LogP contribution >= 0.6 is 11.3 Å². The molecule has 1 aromatic rings. The zero-order valence-electron chi connectivity index (χ0n) is 11.2. The standard InChI is InChI=1S/C13H20N2O3S/c1-3-13(4-2,12(17)18)15-9-11(16)14-8-10-6-5-7-19-10/h5-7,15H,3-4,8-9H2,1-2H3,(H,14,16)(H,17,18). The Kier molecular flexibility index (Phi) is 5.98. The second-order valence-electron chi connectivity index (χ2n) is 4.30. The largest absolute Gasteiger partial charge is 0.480 e. The average molecular weight is 284 g/mol. The van der Waals surface area contributed by atoms with Crippen LogP contribution in [0.25, 0.3) is 0 Å². The van der Waals surface area contributed by atoms with Gasteiger partial charge in [0.05, 0.1) is 13.1 Å². The number of hydrogen-bond donors (Lipinski definition) is 3. The first-order chi connectivity index (χ1) is 9.04. The molecule has 0 bridgehead atoms. The summed E-state index contributed by atoms with van der Waals surface area (Å²) in [6, 6.07) is 3.87. The molecular formula is C13H20N2O3S. The normalized spacial score (nSPS) is 11.3. The van der Waals surface area contributed by atoms with E-state index in [1.807, 2.05) is 17.5 Å². The minimum atomic E-state index is -1.01. The molecule has 0 atom stereocenters. The number of thiophene rings is 1. The summed E-state index contributed by atoms with van der Waals surface area (Å²) < 4.78 is 0. The fourth-order valence-corrected chi connectivity index (χ4v) is 2.43. The molecule has 0 aliphatic heterocycles. The predicted molar refractivity (Wildman–Crippen MR) is 75.1 cm³/mol. The molecule has 19 heavy (non-hydrogen) atoms. The highest BCUT2D eigenvalue weighted by Crippen LogP contribution is 2.14. The van der Waals surface area contributed by atoms with E-state index in [4.69, 9.17) is 0 Å². The smallest absolute Gasteiger partial charge is 0.323 e. The lowest BCUT2D eigenvalue weighted by molar-refractivity contribution is -0.145. The Hall–Kier alpha value is -1.40. The average Bonchev–Trinajstić information content (AvgIpc) is 2.91. The maximum Gasteiger partial charge on any atom is 0.323 e. The number of carbonyl (C=O) groups is 2. The van der Waals surface area contributed by atoms with E-state index in [0.717, 1.165) is 4.88 Å². The second-order valence-corrected chi connectivity index (χ2v) is 5.34. The third kappa shape index (κ3) is 4.33. The van der Waals surface area contributed by atoms with Crippen molar-refractivity contribution in [2.45, 2.75) is 38.8 Å². The van der Waals surface area contributed by atoms with E-state index in [1.165, 1.54) is 0 Å². The van der Waals surface area contributed by atoms with Gasteiger partial charge in [-0.2, -0.15) is 0 Å². The molecule has 0 saturated heterocycles. The van der Waals surface area contributed by atoms with Gasteiger partial charge in [-0.1, -0.05) is 19.9 Å². The van der Waals surface area contributed by atoms with Crippen molar-refractivity contribution in [3.05, 3.63) is 22.4 Å². The number of hydrogen-bond acceptors (Lipinski definition) is 4. The van der Waals surface area contributed by atoms with Crippen molar-refractivity contribution >= 4 is 23.2 Å². The molecule has 0 radical (unpaired) electrons. The van der Waals surface area contributed by atoms with Gasteiger partial charge in [0.25, 0.3) is 0 Å². The van der Waals surface area contributed by atoms with Gasteiger partial charge in [-0.05, 0) is 24.3 Å². The van der Waals surface area contributed by atoms with Crippen LogP contribution in [-0.2, 0) is 16.1 Å². The van der Waals surface area contributed by atoms with Crippen molar-refractivity contribution < 1.29 is 14.7 Å². The van der Waals surface area contributed by atoms with Gasteiger partial charge in [0.1, 0.15) is 5.54 Å². The molecular weight excluding hydrogens is 264 g/mol. The number of rotatable bonds is 8. The van der Waals surface area contributed by atoms with Gasteiger partial charge in [0, 0.05) is 4.88 Å². The topological polar surface area (TPSA) is 78.4 Å². The van der Waals surface area contributed by atoms with Crippen LogP contribution in [0, 0.1) is 0 Å². The summed E-state index contributed by atoms with van der Waals surface area (Å²) in [5.74, 6) is -1.11. The summed E-state index contributed by atoms with van der Waals surface area (Å²) in [7, 11) is 0. The zero-order valence-corrected chi connectivity index (χ0v) is 12.0. The van der Waals surface area contributed by atoms with E-state index >= 15 is 0 Å². The summed E-state index contributed by atoms with van der Waals surface area (Å²) in [6.07, 6.45) is 0.883. The van der Waals surface area contributed by atoms with Crippen LogP contribution in [0.4, 0.5) is 0 Å². The monoisotopic (exact) mass is 284 g/mol. The Morgan fingerprint density at radius 1 is 1.37 bits per heavy atom. The number of carboxylic acids is 1. The van der Waals surface area contributed by atoms with Gasteiger partial charge in [-0.15, -0.1) is 11.3 Å². The third-order valence-corrected chi connectivity index (χ3v) is 4.12. The Morgan fingerprint density at radius 3 is 2.53 bits per heavy atom. The molecule has 0 aromatic carbocycles. The van der Waals surface area contributed by atoms with Crippen molar-refractivity contribution in [1.29, 1.82) is 0 Å². The second kappa shape index (κ2) is 7.25. The van der Waals surface area contributed by atoms with Crippen LogP contribution in [0.5, 0.6) is 0 Å². The van der Waals surface area contributed by atoms with Gasteiger partial charge in [-0.25, -0.2) is 0 Å². The Bertz CT molecular complexity index is 414. The highest BCUT2D eigenvalue weighted by atomic mass is 32.1. The molecule has 0 fully saturated rings. The van der Waals surface area contributed by atoms with E-state index in [-0.39, 0.29) is 12.5 Å². The maximum atomic E-state index is 11.7. The zero-order chi connectivity index (χ0) is 14.3. The van der Waals surface area contributed by atoms with E-state index in [2.05, 4.69) is 10.6 Å². The summed E-state index contributed by atoms with van der Waals surface area (Å²) in [5.41, 5.74) is -1.01. The van der Waals surface area contributed by atoms with Crippen molar-refractivity contribution in [3.8, 4) is 0 Å². The molecule has 106 valence electrons. The Balaban J connectivity index is 2.42. The molecule has 0 saturated carbocycles. The first-order valence-electron chi connectivity index (χ1n) is 6.31. The third-order valence-electron chi connectivity index (χ3n) is 3.24. The van der Waals surface area contributed by atoms with E-state index < -0.39 is 11.5 Å².